The molecule has 1 aromatic heterocycles. The van der Waals surface area contributed by atoms with Crippen molar-refractivity contribution in [1.29, 1.82) is 0 Å². The number of nitrogen functional groups attached to an aromatic ring is 1. The van der Waals surface area contributed by atoms with Crippen LogP contribution in [0.1, 0.15) is 30.1 Å². The van der Waals surface area contributed by atoms with Crippen LogP contribution in [0.2, 0.25) is 0 Å². The summed E-state index contributed by atoms with van der Waals surface area (Å²) in [7, 11) is 3.70. The summed E-state index contributed by atoms with van der Waals surface area (Å²) >= 11 is 0. The number of imidazole rings is 1. The van der Waals surface area contributed by atoms with E-state index in [4.69, 9.17) is 15.5 Å². The lowest BCUT2D eigenvalue weighted by atomic mass is 10.1. The SMILES string of the molecule is COCc1cccc(-c2nc(C3CC3)n(C)c2N)c1. The van der Waals surface area contributed by atoms with Crippen LogP contribution >= 0.6 is 0 Å². The standard InChI is InChI=1S/C15H19N3O/c1-18-14(16)13(17-15(18)11-6-7-11)12-5-3-4-10(8-12)9-19-2/h3-5,8,11H,6-7,9,16H2,1-2H3. The van der Waals surface area contributed by atoms with Crippen molar-refractivity contribution in [3.05, 3.63) is 35.7 Å². The lowest BCUT2D eigenvalue weighted by Gasteiger charge is -2.04. The summed E-state index contributed by atoms with van der Waals surface area (Å²) in [4.78, 5) is 4.74. The minimum Gasteiger partial charge on any atom is -0.383 e. The van der Waals surface area contributed by atoms with E-state index in [9.17, 15) is 0 Å². The Morgan fingerprint density at radius 1 is 1.42 bits per heavy atom. The van der Waals surface area contributed by atoms with E-state index >= 15 is 0 Å². The smallest absolute Gasteiger partial charge is 0.131 e. The van der Waals surface area contributed by atoms with E-state index in [0.29, 0.717) is 12.5 Å². The molecule has 4 heteroatoms. The van der Waals surface area contributed by atoms with Gasteiger partial charge in [0, 0.05) is 25.6 Å². The van der Waals surface area contributed by atoms with Crippen molar-refractivity contribution < 1.29 is 4.74 Å². The molecule has 0 unspecified atom stereocenters. The molecule has 1 aliphatic rings. The number of nitrogens with two attached hydrogens (primary N) is 1. The fourth-order valence-corrected chi connectivity index (χ4v) is 2.42. The maximum atomic E-state index is 6.19. The van der Waals surface area contributed by atoms with Crippen molar-refractivity contribution in [3.8, 4) is 11.3 Å². The molecule has 2 aromatic rings. The number of methoxy groups -OCH3 is 1. The highest BCUT2D eigenvalue weighted by atomic mass is 16.5. The van der Waals surface area contributed by atoms with Crippen LogP contribution in [-0.4, -0.2) is 16.7 Å². The quantitative estimate of drug-likeness (QED) is 0.916. The predicted octanol–water partition coefficient (Wildman–Crippen LogP) is 2.69. The lowest BCUT2D eigenvalue weighted by molar-refractivity contribution is 0.185. The predicted molar refractivity (Wildman–Crippen MR) is 75.7 cm³/mol. The van der Waals surface area contributed by atoms with Crippen LogP contribution in [0.15, 0.2) is 24.3 Å². The molecule has 0 atom stereocenters. The molecule has 0 bridgehead atoms. The van der Waals surface area contributed by atoms with Crippen LogP contribution in [0.25, 0.3) is 11.3 Å². The molecule has 0 aliphatic heterocycles. The minimum atomic E-state index is 0.600. The van der Waals surface area contributed by atoms with Crippen molar-refractivity contribution in [2.45, 2.75) is 25.4 Å². The van der Waals surface area contributed by atoms with Gasteiger partial charge < -0.3 is 15.0 Å². The summed E-state index contributed by atoms with van der Waals surface area (Å²) in [6.45, 7) is 0.607. The van der Waals surface area contributed by atoms with E-state index in [2.05, 4.69) is 12.1 Å². The number of aromatic nitrogens is 2. The Hall–Kier alpha value is -1.81. The molecule has 1 fully saturated rings. The third kappa shape index (κ3) is 2.24. The molecule has 1 aromatic carbocycles. The number of rotatable bonds is 4. The molecule has 0 spiro atoms. The van der Waals surface area contributed by atoms with Gasteiger partial charge in [-0.15, -0.1) is 0 Å². The van der Waals surface area contributed by atoms with Crippen LogP contribution in [0, 0.1) is 0 Å². The van der Waals surface area contributed by atoms with E-state index in [-0.39, 0.29) is 0 Å². The van der Waals surface area contributed by atoms with Gasteiger partial charge in [0.25, 0.3) is 0 Å². The highest BCUT2D eigenvalue weighted by molar-refractivity contribution is 5.71. The number of hydrogen-bond acceptors (Lipinski definition) is 3. The number of benzene rings is 1. The number of anilines is 1. The molecule has 1 saturated carbocycles. The summed E-state index contributed by atoms with van der Waals surface area (Å²) in [6.07, 6.45) is 2.46. The second-order valence-corrected chi connectivity index (χ2v) is 5.17. The van der Waals surface area contributed by atoms with E-state index in [0.717, 1.165) is 28.5 Å². The summed E-state index contributed by atoms with van der Waals surface area (Å²) < 4.78 is 7.19. The topological polar surface area (TPSA) is 53.1 Å². The van der Waals surface area contributed by atoms with Gasteiger partial charge in [0.15, 0.2) is 0 Å². The van der Waals surface area contributed by atoms with Gasteiger partial charge in [0.2, 0.25) is 0 Å². The Balaban J connectivity index is 2.01. The molecule has 4 nitrogen and oxygen atoms in total. The average molecular weight is 257 g/mol. The third-order valence-electron chi connectivity index (χ3n) is 3.63. The monoisotopic (exact) mass is 257 g/mol. The van der Waals surface area contributed by atoms with Gasteiger partial charge in [0.1, 0.15) is 17.3 Å². The molecule has 1 aliphatic carbocycles. The van der Waals surface area contributed by atoms with Crippen LogP contribution in [0.4, 0.5) is 5.82 Å². The van der Waals surface area contributed by atoms with Gasteiger partial charge >= 0.3 is 0 Å². The molecule has 3 rings (SSSR count). The summed E-state index contributed by atoms with van der Waals surface area (Å²) in [5.41, 5.74) is 9.29. The second-order valence-electron chi connectivity index (χ2n) is 5.17. The number of nitrogens with zero attached hydrogens (tertiary/aromatic N) is 2. The molecule has 0 amide bonds. The van der Waals surface area contributed by atoms with Gasteiger partial charge in [-0.25, -0.2) is 4.98 Å². The summed E-state index contributed by atoms with van der Waals surface area (Å²) in [5, 5.41) is 0. The van der Waals surface area contributed by atoms with Crippen LogP contribution in [0.5, 0.6) is 0 Å². The third-order valence-corrected chi connectivity index (χ3v) is 3.63. The number of ether oxygens (including phenoxy) is 1. The maximum Gasteiger partial charge on any atom is 0.131 e. The molecule has 0 radical (unpaired) electrons. The molecule has 0 saturated heterocycles. The normalized spacial score (nSPS) is 14.8. The van der Waals surface area contributed by atoms with Gasteiger partial charge in [0.05, 0.1) is 6.61 Å². The highest BCUT2D eigenvalue weighted by Gasteiger charge is 2.29. The summed E-state index contributed by atoms with van der Waals surface area (Å²) in [5.74, 6) is 2.46. The first kappa shape index (κ1) is 12.2. The van der Waals surface area contributed by atoms with Crippen LogP contribution in [0.3, 0.4) is 0 Å². The maximum absolute atomic E-state index is 6.19. The molecule has 100 valence electrons. The van der Waals surface area contributed by atoms with E-state index < -0.39 is 0 Å². The van der Waals surface area contributed by atoms with Crippen molar-refractivity contribution in [1.82, 2.24) is 9.55 Å². The first-order valence-corrected chi connectivity index (χ1v) is 6.61. The van der Waals surface area contributed by atoms with Gasteiger partial charge in [-0.05, 0) is 24.5 Å². The van der Waals surface area contributed by atoms with Crippen LogP contribution < -0.4 is 5.73 Å². The largest absolute Gasteiger partial charge is 0.383 e. The van der Waals surface area contributed by atoms with Crippen LogP contribution in [-0.2, 0) is 18.4 Å². The van der Waals surface area contributed by atoms with Gasteiger partial charge in [-0.3, -0.25) is 0 Å². The Kier molecular flexibility index (Phi) is 3.03. The van der Waals surface area contributed by atoms with Gasteiger partial charge in [-0.1, -0.05) is 18.2 Å². The molecular weight excluding hydrogens is 238 g/mol. The average Bonchev–Trinajstić information content (AvgIpc) is 3.20. The van der Waals surface area contributed by atoms with Crippen molar-refractivity contribution >= 4 is 5.82 Å². The number of hydrogen-bond donors (Lipinski definition) is 1. The van der Waals surface area contributed by atoms with E-state index in [1.165, 1.54) is 12.8 Å². The zero-order valence-corrected chi connectivity index (χ0v) is 11.4. The summed E-state index contributed by atoms with van der Waals surface area (Å²) in [6, 6.07) is 8.22. The Bertz CT molecular complexity index is 599. The highest BCUT2D eigenvalue weighted by Crippen LogP contribution is 2.41. The zero-order chi connectivity index (χ0) is 13.4. The molecular formula is C15H19N3O. The zero-order valence-electron chi connectivity index (χ0n) is 11.4. The molecule has 2 N–H and O–H groups in total. The van der Waals surface area contributed by atoms with E-state index in [1.54, 1.807) is 7.11 Å². The lowest BCUT2D eigenvalue weighted by Crippen LogP contribution is -2.00. The minimum absolute atomic E-state index is 0.600. The van der Waals surface area contributed by atoms with Crippen molar-refractivity contribution in [2.75, 3.05) is 12.8 Å². The fraction of sp³-hybridized carbons (Fsp3) is 0.400. The Morgan fingerprint density at radius 2 is 2.21 bits per heavy atom. The Morgan fingerprint density at radius 3 is 2.89 bits per heavy atom. The molecule has 1 heterocycles. The first-order valence-electron chi connectivity index (χ1n) is 6.61. The van der Waals surface area contributed by atoms with Crippen molar-refractivity contribution in [3.63, 3.8) is 0 Å². The second kappa shape index (κ2) is 4.70. The van der Waals surface area contributed by atoms with E-state index in [1.807, 2.05) is 23.7 Å². The molecule has 19 heavy (non-hydrogen) atoms. The van der Waals surface area contributed by atoms with Gasteiger partial charge in [-0.2, -0.15) is 0 Å². The Labute approximate surface area is 113 Å². The van der Waals surface area contributed by atoms with Crippen molar-refractivity contribution in [2.24, 2.45) is 7.05 Å². The first-order chi connectivity index (χ1) is 9.20. The fourth-order valence-electron chi connectivity index (χ4n) is 2.42.